The molecule has 1 aromatic rings. The van der Waals surface area contributed by atoms with Gasteiger partial charge in [0, 0.05) is 0 Å². The maximum atomic E-state index is 12.3. The van der Waals surface area contributed by atoms with Crippen LogP contribution in [0.4, 0.5) is 17.6 Å². The molecule has 0 unspecified atom stereocenters. The van der Waals surface area contributed by atoms with Gasteiger partial charge in [-0.3, -0.25) is 4.98 Å². The van der Waals surface area contributed by atoms with Gasteiger partial charge < -0.3 is 0 Å². The highest BCUT2D eigenvalue weighted by Gasteiger charge is 2.35. The Balaban J connectivity index is 3.33. The van der Waals surface area contributed by atoms with Crippen molar-refractivity contribution in [3.63, 3.8) is 0 Å². The van der Waals surface area contributed by atoms with Gasteiger partial charge in [-0.1, -0.05) is 0 Å². The first-order valence-corrected chi connectivity index (χ1v) is 2.73. The number of nitrogens with zero attached hydrogens (tertiary/aromatic N) is 1. The van der Waals surface area contributed by atoms with Crippen molar-refractivity contribution in [1.29, 1.82) is 0 Å². The molecule has 3 nitrogen and oxygen atoms in total. The number of rotatable bonds is 0. The second-order valence-electron chi connectivity index (χ2n) is 1.91. The van der Waals surface area contributed by atoms with Crippen molar-refractivity contribution in [3.05, 3.63) is 28.2 Å². The molecule has 0 spiro atoms. The molecule has 66 valence electrons. The van der Waals surface area contributed by atoms with Crippen LogP contribution in [0, 0.1) is 5.82 Å². The predicted octanol–water partition coefficient (Wildman–Crippen LogP) is 0.928. The van der Waals surface area contributed by atoms with Crippen LogP contribution in [0.25, 0.3) is 0 Å². The minimum atomic E-state index is -4.90. The molecule has 0 aliphatic heterocycles. The van der Waals surface area contributed by atoms with Crippen molar-refractivity contribution in [2.45, 2.75) is 6.18 Å². The van der Waals surface area contributed by atoms with Gasteiger partial charge in [0.25, 0.3) is 0 Å². The van der Waals surface area contributed by atoms with E-state index in [1.165, 1.54) is 4.98 Å². The molecule has 1 heterocycles. The summed E-state index contributed by atoms with van der Waals surface area (Å²) >= 11 is 0. The standard InChI is InChI=1S/C5H2F4N2O/c6-2-1-10-4(12)11-3(2)5(7,8)9/h1H,(H,10,11,12). The van der Waals surface area contributed by atoms with Gasteiger partial charge in [0.1, 0.15) is 0 Å². The molecule has 0 fully saturated rings. The molecule has 0 amide bonds. The van der Waals surface area contributed by atoms with E-state index >= 15 is 0 Å². The van der Waals surface area contributed by atoms with Crippen LogP contribution in [-0.4, -0.2) is 9.97 Å². The topological polar surface area (TPSA) is 45.8 Å². The van der Waals surface area contributed by atoms with Crippen LogP contribution in [0.5, 0.6) is 0 Å². The molecule has 1 aromatic heterocycles. The first-order chi connectivity index (χ1) is 5.41. The number of nitrogens with one attached hydrogen (secondary N) is 1. The first kappa shape index (κ1) is 8.69. The SMILES string of the molecule is O=c1ncc(F)c(C(F)(F)F)[nH]1. The van der Waals surface area contributed by atoms with E-state index in [4.69, 9.17) is 0 Å². The number of H-pyrrole nitrogens is 1. The van der Waals surface area contributed by atoms with E-state index < -0.39 is 23.4 Å². The minimum Gasteiger partial charge on any atom is -0.299 e. The van der Waals surface area contributed by atoms with Gasteiger partial charge in [-0.2, -0.15) is 18.2 Å². The Morgan fingerprint density at radius 1 is 1.42 bits per heavy atom. The monoisotopic (exact) mass is 182 g/mol. The number of hydrogen-bond donors (Lipinski definition) is 1. The third-order valence-electron chi connectivity index (χ3n) is 1.05. The molecular formula is C5H2F4N2O. The molecule has 0 aliphatic rings. The van der Waals surface area contributed by atoms with Gasteiger partial charge in [0.05, 0.1) is 6.20 Å². The van der Waals surface area contributed by atoms with Crippen LogP contribution < -0.4 is 5.69 Å². The lowest BCUT2D eigenvalue weighted by Gasteiger charge is -2.05. The third-order valence-corrected chi connectivity index (χ3v) is 1.05. The van der Waals surface area contributed by atoms with Crippen molar-refractivity contribution >= 4 is 0 Å². The van der Waals surface area contributed by atoms with Crippen molar-refractivity contribution in [2.75, 3.05) is 0 Å². The Morgan fingerprint density at radius 2 is 2.00 bits per heavy atom. The van der Waals surface area contributed by atoms with Crippen molar-refractivity contribution in [3.8, 4) is 0 Å². The summed E-state index contributed by atoms with van der Waals surface area (Å²) < 4.78 is 47.7. The molecule has 0 aromatic carbocycles. The summed E-state index contributed by atoms with van der Waals surface area (Å²) in [6.45, 7) is 0. The molecule has 1 rings (SSSR count). The molecule has 0 aliphatic carbocycles. The fraction of sp³-hybridized carbons (Fsp3) is 0.200. The van der Waals surface area contributed by atoms with Gasteiger partial charge in [-0.05, 0) is 0 Å². The maximum absolute atomic E-state index is 12.3. The fourth-order valence-corrected chi connectivity index (χ4v) is 0.585. The minimum absolute atomic E-state index is 0.224. The van der Waals surface area contributed by atoms with Crippen LogP contribution >= 0.6 is 0 Å². The van der Waals surface area contributed by atoms with Gasteiger partial charge >= 0.3 is 11.9 Å². The summed E-state index contributed by atoms with van der Waals surface area (Å²) in [4.78, 5) is 14.3. The summed E-state index contributed by atoms with van der Waals surface area (Å²) in [5.74, 6) is -1.60. The van der Waals surface area contributed by atoms with E-state index in [0.717, 1.165) is 0 Å². The summed E-state index contributed by atoms with van der Waals surface area (Å²) in [5.41, 5.74) is -2.94. The highest BCUT2D eigenvalue weighted by molar-refractivity contribution is 5.05. The highest BCUT2D eigenvalue weighted by Crippen LogP contribution is 2.27. The second-order valence-corrected chi connectivity index (χ2v) is 1.91. The average Bonchev–Trinajstić information content (AvgIpc) is 1.92. The normalized spacial score (nSPS) is 11.7. The van der Waals surface area contributed by atoms with Crippen molar-refractivity contribution < 1.29 is 17.6 Å². The lowest BCUT2D eigenvalue weighted by molar-refractivity contribution is -0.144. The number of aromatic nitrogens is 2. The average molecular weight is 182 g/mol. The van der Waals surface area contributed by atoms with E-state index in [-0.39, 0.29) is 6.20 Å². The van der Waals surface area contributed by atoms with E-state index in [0.29, 0.717) is 0 Å². The number of aromatic amines is 1. The Morgan fingerprint density at radius 3 is 2.42 bits per heavy atom. The van der Waals surface area contributed by atoms with Gasteiger partial charge in [0.2, 0.25) is 0 Å². The van der Waals surface area contributed by atoms with Crippen molar-refractivity contribution in [2.24, 2.45) is 0 Å². The zero-order valence-corrected chi connectivity index (χ0v) is 5.44. The Kier molecular flexibility index (Phi) is 1.87. The van der Waals surface area contributed by atoms with E-state index in [1.54, 1.807) is 0 Å². The number of hydrogen-bond acceptors (Lipinski definition) is 2. The highest BCUT2D eigenvalue weighted by atomic mass is 19.4. The number of alkyl halides is 3. The Bertz CT molecular complexity index is 342. The van der Waals surface area contributed by atoms with E-state index in [2.05, 4.69) is 4.98 Å². The number of halogens is 4. The summed E-state index contributed by atoms with van der Waals surface area (Å²) in [6.07, 6.45) is -4.67. The van der Waals surface area contributed by atoms with Gasteiger partial charge in [0.15, 0.2) is 11.5 Å². The molecule has 0 bridgehead atoms. The van der Waals surface area contributed by atoms with Crippen LogP contribution in [0.15, 0.2) is 11.0 Å². The zero-order valence-electron chi connectivity index (χ0n) is 5.44. The Labute approximate surface area is 63.1 Å². The van der Waals surface area contributed by atoms with Crippen LogP contribution in [0.1, 0.15) is 5.69 Å². The van der Waals surface area contributed by atoms with Crippen LogP contribution in [0.3, 0.4) is 0 Å². The van der Waals surface area contributed by atoms with Crippen molar-refractivity contribution in [1.82, 2.24) is 9.97 Å². The molecule has 1 N–H and O–H groups in total. The molecule has 0 atom stereocenters. The first-order valence-electron chi connectivity index (χ1n) is 2.73. The fourth-order valence-electron chi connectivity index (χ4n) is 0.585. The lowest BCUT2D eigenvalue weighted by Crippen LogP contribution is -2.20. The van der Waals surface area contributed by atoms with Gasteiger partial charge in [-0.15, -0.1) is 0 Å². The van der Waals surface area contributed by atoms with E-state index in [1.807, 2.05) is 0 Å². The summed E-state index contributed by atoms with van der Waals surface area (Å²) in [7, 11) is 0. The molecule has 0 radical (unpaired) electrons. The summed E-state index contributed by atoms with van der Waals surface area (Å²) in [6, 6.07) is 0. The summed E-state index contributed by atoms with van der Waals surface area (Å²) in [5, 5.41) is 0. The van der Waals surface area contributed by atoms with E-state index in [9.17, 15) is 22.4 Å². The van der Waals surface area contributed by atoms with Gasteiger partial charge in [-0.25, -0.2) is 9.18 Å². The smallest absolute Gasteiger partial charge is 0.299 e. The third kappa shape index (κ3) is 1.60. The van der Waals surface area contributed by atoms with Crippen LogP contribution in [-0.2, 0) is 6.18 Å². The zero-order chi connectivity index (χ0) is 9.35. The molecule has 0 saturated carbocycles. The molecule has 7 heteroatoms. The molecule has 0 saturated heterocycles. The van der Waals surface area contributed by atoms with Crippen LogP contribution in [0.2, 0.25) is 0 Å². The predicted molar refractivity (Wildman–Crippen MR) is 29.8 cm³/mol. The largest absolute Gasteiger partial charge is 0.434 e. The molecule has 12 heavy (non-hydrogen) atoms. The lowest BCUT2D eigenvalue weighted by atomic mass is 10.4. The maximum Gasteiger partial charge on any atom is 0.434 e. The molecular weight excluding hydrogens is 180 g/mol. The second kappa shape index (κ2) is 2.58. The quantitative estimate of drug-likeness (QED) is 0.606. The Hall–Kier alpha value is -1.40.